The molecule has 0 aliphatic rings. The van der Waals surface area contributed by atoms with Gasteiger partial charge in [-0.15, -0.1) is 11.6 Å². The van der Waals surface area contributed by atoms with E-state index in [1.54, 1.807) is 0 Å². The van der Waals surface area contributed by atoms with Crippen molar-refractivity contribution in [2.75, 3.05) is 13.1 Å². The molecule has 80 valence electrons. The van der Waals surface area contributed by atoms with Crippen LogP contribution in [0.1, 0.15) is 46.5 Å². The molecule has 0 aliphatic heterocycles. The summed E-state index contributed by atoms with van der Waals surface area (Å²) < 4.78 is 0. The number of halogens is 1. The highest BCUT2D eigenvalue weighted by Crippen LogP contribution is 2.07. The van der Waals surface area contributed by atoms with Gasteiger partial charge in [-0.1, -0.05) is 33.6 Å². The third-order valence-electron chi connectivity index (χ3n) is 2.67. The van der Waals surface area contributed by atoms with E-state index in [0.29, 0.717) is 5.38 Å². The van der Waals surface area contributed by atoms with Gasteiger partial charge in [0.05, 0.1) is 0 Å². The lowest BCUT2D eigenvalue weighted by Crippen LogP contribution is -2.24. The van der Waals surface area contributed by atoms with Gasteiger partial charge in [-0.2, -0.15) is 0 Å². The predicted octanol–water partition coefficient (Wildman–Crippen LogP) is 3.42. The third kappa shape index (κ3) is 7.33. The molecule has 0 aromatic carbocycles. The van der Waals surface area contributed by atoms with Crippen molar-refractivity contribution in [2.24, 2.45) is 5.92 Å². The summed E-state index contributed by atoms with van der Waals surface area (Å²) in [4.78, 5) is 0. The third-order valence-corrected chi connectivity index (χ3v) is 3.19. The fourth-order valence-corrected chi connectivity index (χ4v) is 1.46. The molecule has 1 N–H and O–H groups in total. The molecule has 0 saturated carbocycles. The predicted molar refractivity (Wildman–Crippen MR) is 61.5 cm³/mol. The molecular weight excluding hydrogens is 182 g/mol. The highest BCUT2D eigenvalue weighted by molar-refractivity contribution is 6.20. The van der Waals surface area contributed by atoms with Crippen molar-refractivity contribution in [3.8, 4) is 0 Å². The van der Waals surface area contributed by atoms with E-state index >= 15 is 0 Å². The summed E-state index contributed by atoms with van der Waals surface area (Å²) in [6.07, 6.45) is 4.73. The Bertz CT molecular complexity index is 102. The van der Waals surface area contributed by atoms with E-state index in [1.165, 1.54) is 12.8 Å². The van der Waals surface area contributed by atoms with Crippen molar-refractivity contribution in [3.05, 3.63) is 0 Å². The molecule has 0 bridgehead atoms. The molecule has 0 amide bonds. The van der Waals surface area contributed by atoms with Gasteiger partial charge in [0.2, 0.25) is 0 Å². The number of alkyl halides is 1. The van der Waals surface area contributed by atoms with Gasteiger partial charge >= 0.3 is 0 Å². The molecule has 13 heavy (non-hydrogen) atoms. The van der Waals surface area contributed by atoms with Gasteiger partial charge < -0.3 is 5.32 Å². The Morgan fingerprint density at radius 2 is 1.69 bits per heavy atom. The van der Waals surface area contributed by atoms with Crippen LogP contribution in [0.3, 0.4) is 0 Å². The van der Waals surface area contributed by atoms with Crippen molar-refractivity contribution in [1.82, 2.24) is 5.32 Å². The fraction of sp³-hybridized carbons (Fsp3) is 1.00. The first-order valence-corrected chi connectivity index (χ1v) is 6.02. The zero-order chi connectivity index (χ0) is 10.1. The molecule has 0 radical (unpaired) electrons. The molecule has 0 fully saturated rings. The largest absolute Gasteiger partial charge is 0.316 e. The second-order valence-corrected chi connectivity index (χ2v) is 4.30. The maximum atomic E-state index is 6.01. The smallest absolute Gasteiger partial charge is 0.0345 e. The number of hydrogen-bond donors (Lipinski definition) is 1. The molecule has 0 rings (SSSR count). The molecule has 2 heteroatoms. The average Bonchev–Trinajstić information content (AvgIpc) is 2.18. The van der Waals surface area contributed by atoms with Gasteiger partial charge in [-0.25, -0.2) is 0 Å². The molecule has 0 spiro atoms. The Morgan fingerprint density at radius 1 is 1.08 bits per heavy atom. The zero-order valence-corrected chi connectivity index (χ0v) is 10.0. The zero-order valence-electron chi connectivity index (χ0n) is 9.28. The van der Waals surface area contributed by atoms with Gasteiger partial charge in [0.25, 0.3) is 0 Å². The maximum Gasteiger partial charge on any atom is 0.0345 e. The molecule has 1 unspecified atom stereocenters. The Morgan fingerprint density at radius 3 is 2.15 bits per heavy atom. The molecule has 0 aromatic heterocycles. The first-order valence-electron chi connectivity index (χ1n) is 5.59. The van der Waals surface area contributed by atoms with Gasteiger partial charge in [-0.05, 0) is 31.8 Å². The van der Waals surface area contributed by atoms with Crippen LogP contribution in [0.15, 0.2) is 0 Å². The van der Waals surface area contributed by atoms with E-state index in [0.717, 1.165) is 31.8 Å². The van der Waals surface area contributed by atoms with Gasteiger partial charge in [0.15, 0.2) is 0 Å². The lowest BCUT2D eigenvalue weighted by molar-refractivity contribution is 0.446. The van der Waals surface area contributed by atoms with Crippen molar-refractivity contribution >= 4 is 11.6 Å². The summed E-state index contributed by atoms with van der Waals surface area (Å²) in [5.41, 5.74) is 0. The van der Waals surface area contributed by atoms with Crippen molar-refractivity contribution < 1.29 is 0 Å². The molecule has 0 aromatic rings. The van der Waals surface area contributed by atoms with Crippen molar-refractivity contribution in [2.45, 2.75) is 51.8 Å². The lowest BCUT2D eigenvalue weighted by atomic mass is 10.0. The Hall–Kier alpha value is 0.250. The average molecular weight is 206 g/mol. The molecular formula is C11H24ClN. The summed E-state index contributed by atoms with van der Waals surface area (Å²) in [5, 5.41) is 3.82. The number of hydrogen-bond acceptors (Lipinski definition) is 1. The first kappa shape index (κ1) is 13.2. The minimum absolute atomic E-state index is 0.356. The Kier molecular flexibility index (Phi) is 9.00. The van der Waals surface area contributed by atoms with Crippen molar-refractivity contribution in [1.29, 1.82) is 0 Å². The summed E-state index contributed by atoms with van der Waals surface area (Å²) in [7, 11) is 0. The minimum Gasteiger partial charge on any atom is -0.316 e. The van der Waals surface area contributed by atoms with Gasteiger partial charge in [0, 0.05) is 5.38 Å². The van der Waals surface area contributed by atoms with E-state index in [1.807, 2.05) is 0 Å². The SMILES string of the molecule is CCC(Cl)CCNCC(CC)CC. The van der Waals surface area contributed by atoms with Crippen LogP contribution in [0, 0.1) is 5.92 Å². The van der Waals surface area contributed by atoms with E-state index in [4.69, 9.17) is 11.6 Å². The number of nitrogens with one attached hydrogen (secondary N) is 1. The van der Waals surface area contributed by atoms with E-state index < -0.39 is 0 Å². The Labute approximate surface area is 88.2 Å². The Balaban J connectivity index is 3.23. The fourth-order valence-electron chi connectivity index (χ4n) is 1.35. The molecule has 0 heterocycles. The van der Waals surface area contributed by atoms with Crippen LogP contribution in [0.25, 0.3) is 0 Å². The molecule has 1 atom stereocenters. The highest BCUT2D eigenvalue weighted by atomic mass is 35.5. The van der Waals surface area contributed by atoms with Crippen LogP contribution in [0.4, 0.5) is 0 Å². The van der Waals surface area contributed by atoms with Crippen LogP contribution in [-0.4, -0.2) is 18.5 Å². The number of rotatable bonds is 8. The minimum atomic E-state index is 0.356. The van der Waals surface area contributed by atoms with Crippen LogP contribution >= 0.6 is 11.6 Å². The van der Waals surface area contributed by atoms with Crippen LogP contribution in [0.2, 0.25) is 0 Å². The van der Waals surface area contributed by atoms with E-state index in [-0.39, 0.29) is 0 Å². The monoisotopic (exact) mass is 205 g/mol. The summed E-state index contributed by atoms with van der Waals surface area (Å²) in [5.74, 6) is 0.843. The van der Waals surface area contributed by atoms with Gasteiger partial charge in [0.1, 0.15) is 0 Å². The summed E-state index contributed by atoms with van der Waals surface area (Å²) in [6, 6.07) is 0. The second kappa shape index (κ2) is 8.83. The molecule has 0 saturated heterocycles. The van der Waals surface area contributed by atoms with Crippen molar-refractivity contribution in [3.63, 3.8) is 0 Å². The first-order chi connectivity index (χ1) is 6.24. The quantitative estimate of drug-likeness (QED) is 0.473. The van der Waals surface area contributed by atoms with Crippen LogP contribution in [-0.2, 0) is 0 Å². The summed E-state index contributed by atoms with van der Waals surface area (Å²) >= 11 is 6.01. The standard InChI is InChI=1S/C11H24ClN/c1-4-10(5-2)9-13-8-7-11(12)6-3/h10-11,13H,4-9H2,1-3H3. The molecule has 0 aliphatic carbocycles. The second-order valence-electron chi connectivity index (χ2n) is 3.68. The lowest BCUT2D eigenvalue weighted by Gasteiger charge is -2.13. The van der Waals surface area contributed by atoms with Gasteiger partial charge in [-0.3, -0.25) is 0 Å². The van der Waals surface area contributed by atoms with Crippen LogP contribution in [0.5, 0.6) is 0 Å². The van der Waals surface area contributed by atoms with Crippen LogP contribution < -0.4 is 5.32 Å². The maximum absolute atomic E-state index is 6.01. The van der Waals surface area contributed by atoms with E-state index in [9.17, 15) is 0 Å². The summed E-state index contributed by atoms with van der Waals surface area (Å²) in [6.45, 7) is 8.87. The highest BCUT2D eigenvalue weighted by Gasteiger charge is 2.03. The normalized spacial score (nSPS) is 13.6. The topological polar surface area (TPSA) is 12.0 Å². The molecule has 1 nitrogen and oxygen atoms in total. The van der Waals surface area contributed by atoms with E-state index in [2.05, 4.69) is 26.1 Å².